The fraction of sp³-hybridized carbons (Fsp3) is 0.400. The Hall–Kier alpha value is -2.04. The quantitative estimate of drug-likeness (QED) is 0.656. The van der Waals surface area contributed by atoms with E-state index in [-0.39, 0.29) is 5.82 Å². The van der Waals surface area contributed by atoms with E-state index >= 15 is 0 Å². The third-order valence-electron chi connectivity index (χ3n) is 2.35. The summed E-state index contributed by atoms with van der Waals surface area (Å²) >= 11 is 0. The van der Waals surface area contributed by atoms with Gasteiger partial charge in [0.2, 0.25) is 0 Å². The molecule has 110 valence electrons. The number of rotatable bonds is 4. The highest BCUT2D eigenvalue weighted by molar-refractivity contribution is 5.68. The van der Waals surface area contributed by atoms with E-state index < -0.39 is 11.7 Å². The van der Waals surface area contributed by atoms with Crippen LogP contribution in [0.5, 0.6) is 0 Å². The maximum Gasteiger partial charge on any atom is 0.407 e. The topological polar surface area (TPSA) is 64.3 Å². The van der Waals surface area contributed by atoms with Crippen LogP contribution < -0.4 is 11.1 Å². The fourth-order valence-electron chi connectivity index (χ4n) is 1.50. The van der Waals surface area contributed by atoms with Crippen molar-refractivity contribution in [1.82, 2.24) is 5.32 Å². The first-order valence-electron chi connectivity index (χ1n) is 6.47. The standard InChI is InChI=1S/C15H21FN2O2/c1-15(2,3)20-14(19)18-10-5-4-7-11-12(16)8-6-9-13(11)17/h4,6-9H,5,10,17H2,1-3H3,(H,18,19). The lowest BCUT2D eigenvalue weighted by atomic mass is 10.1. The number of alkyl carbamates (subject to hydrolysis) is 1. The molecule has 0 heterocycles. The monoisotopic (exact) mass is 280 g/mol. The Morgan fingerprint density at radius 1 is 1.45 bits per heavy atom. The summed E-state index contributed by atoms with van der Waals surface area (Å²) < 4.78 is 18.5. The Bertz CT molecular complexity index is 473. The summed E-state index contributed by atoms with van der Waals surface area (Å²) in [6, 6.07) is 4.56. The molecule has 0 aliphatic rings. The molecule has 0 saturated carbocycles. The van der Waals surface area contributed by atoms with Gasteiger partial charge in [-0.2, -0.15) is 0 Å². The van der Waals surface area contributed by atoms with Crippen molar-refractivity contribution in [2.24, 2.45) is 0 Å². The van der Waals surface area contributed by atoms with E-state index in [1.807, 2.05) is 0 Å². The lowest BCUT2D eigenvalue weighted by Gasteiger charge is -2.19. The highest BCUT2D eigenvalue weighted by Gasteiger charge is 2.15. The average Bonchev–Trinajstić information content (AvgIpc) is 2.29. The number of halogens is 1. The molecule has 1 aromatic rings. The molecule has 4 nitrogen and oxygen atoms in total. The Labute approximate surface area is 118 Å². The van der Waals surface area contributed by atoms with Crippen molar-refractivity contribution in [3.05, 3.63) is 35.7 Å². The molecule has 0 saturated heterocycles. The molecule has 5 heteroatoms. The number of nitrogen functional groups attached to an aromatic ring is 1. The number of amides is 1. The van der Waals surface area contributed by atoms with Crippen molar-refractivity contribution in [2.75, 3.05) is 12.3 Å². The molecule has 3 N–H and O–H groups in total. The zero-order valence-corrected chi connectivity index (χ0v) is 12.1. The highest BCUT2D eigenvalue weighted by atomic mass is 19.1. The van der Waals surface area contributed by atoms with Gasteiger partial charge in [-0.3, -0.25) is 0 Å². The Morgan fingerprint density at radius 3 is 2.75 bits per heavy atom. The number of carbonyl (C=O) groups is 1. The Balaban J connectivity index is 2.38. The smallest absolute Gasteiger partial charge is 0.407 e. The van der Waals surface area contributed by atoms with Crippen molar-refractivity contribution in [3.8, 4) is 0 Å². The van der Waals surface area contributed by atoms with Gasteiger partial charge in [0.25, 0.3) is 0 Å². The van der Waals surface area contributed by atoms with Crippen molar-refractivity contribution in [3.63, 3.8) is 0 Å². The molecule has 0 atom stereocenters. The fourth-order valence-corrected chi connectivity index (χ4v) is 1.50. The first kappa shape index (κ1) is 16.0. The van der Waals surface area contributed by atoms with Crippen LogP contribution in [0.1, 0.15) is 32.8 Å². The SMILES string of the molecule is CC(C)(C)OC(=O)NCCC=Cc1c(N)cccc1F. The van der Waals surface area contributed by atoms with E-state index in [9.17, 15) is 9.18 Å². The zero-order chi connectivity index (χ0) is 15.2. The molecule has 20 heavy (non-hydrogen) atoms. The molecule has 1 rings (SSSR count). The molecule has 0 bridgehead atoms. The molecule has 0 fully saturated rings. The molecule has 1 amide bonds. The van der Waals surface area contributed by atoms with E-state index in [4.69, 9.17) is 10.5 Å². The second kappa shape index (κ2) is 6.93. The Kier molecular flexibility index (Phi) is 5.55. The molecular weight excluding hydrogens is 259 g/mol. The summed E-state index contributed by atoms with van der Waals surface area (Å²) in [6.07, 6.45) is 3.47. The van der Waals surface area contributed by atoms with Gasteiger partial charge in [-0.25, -0.2) is 9.18 Å². The van der Waals surface area contributed by atoms with Crippen molar-refractivity contribution >= 4 is 17.9 Å². The van der Waals surface area contributed by atoms with Crippen LogP contribution in [0.25, 0.3) is 6.08 Å². The van der Waals surface area contributed by atoms with Crippen LogP contribution in [0, 0.1) is 5.82 Å². The average molecular weight is 280 g/mol. The van der Waals surface area contributed by atoms with E-state index in [0.29, 0.717) is 24.2 Å². The summed E-state index contributed by atoms with van der Waals surface area (Å²) in [7, 11) is 0. The van der Waals surface area contributed by atoms with Gasteiger partial charge < -0.3 is 15.8 Å². The van der Waals surface area contributed by atoms with Crippen LogP contribution in [0.2, 0.25) is 0 Å². The van der Waals surface area contributed by atoms with Crippen LogP contribution in [0.4, 0.5) is 14.9 Å². The first-order chi connectivity index (χ1) is 9.29. The molecule has 0 unspecified atom stereocenters. The number of anilines is 1. The summed E-state index contributed by atoms with van der Waals surface area (Å²) in [5.74, 6) is -0.360. The van der Waals surface area contributed by atoms with Gasteiger partial charge in [0.05, 0.1) is 0 Å². The number of benzene rings is 1. The molecule has 0 aromatic heterocycles. The third kappa shape index (κ3) is 5.73. The van der Waals surface area contributed by atoms with E-state index in [0.717, 1.165) is 0 Å². The number of carbonyl (C=O) groups excluding carboxylic acids is 1. The minimum Gasteiger partial charge on any atom is -0.444 e. The lowest BCUT2D eigenvalue weighted by Crippen LogP contribution is -2.32. The van der Waals surface area contributed by atoms with Gasteiger partial charge >= 0.3 is 6.09 Å². The van der Waals surface area contributed by atoms with Gasteiger partial charge in [-0.05, 0) is 39.3 Å². The molecule has 0 aliphatic heterocycles. The predicted octanol–water partition coefficient (Wildman–Crippen LogP) is 3.34. The van der Waals surface area contributed by atoms with Crippen molar-refractivity contribution in [2.45, 2.75) is 32.8 Å². The molecule has 1 aromatic carbocycles. The summed E-state index contributed by atoms with van der Waals surface area (Å²) in [6.45, 7) is 5.81. The molecule has 0 radical (unpaired) electrons. The third-order valence-corrected chi connectivity index (χ3v) is 2.35. The van der Waals surface area contributed by atoms with Crippen LogP contribution in [0.15, 0.2) is 24.3 Å². The van der Waals surface area contributed by atoms with Crippen LogP contribution in [-0.2, 0) is 4.74 Å². The normalized spacial score (nSPS) is 11.6. The van der Waals surface area contributed by atoms with E-state index in [1.165, 1.54) is 6.07 Å². The number of hydrogen-bond donors (Lipinski definition) is 2. The maximum atomic E-state index is 13.5. The first-order valence-corrected chi connectivity index (χ1v) is 6.47. The van der Waals surface area contributed by atoms with Gasteiger partial charge in [0.1, 0.15) is 11.4 Å². The van der Waals surface area contributed by atoms with Gasteiger partial charge in [-0.15, -0.1) is 0 Å². The number of nitrogens with two attached hydrogens (primary N) is 1. The van der Waals surface area contributed by atoms with E-state index in [1.54, 1.807) is 45.1 Å². The van der Waals surface area contributed by atoms with Gasteiger partial charge in [0, 0.05) is 17.8 Å². The largest absolute Gasteiger partial charge is 0.444 e. The van der Waals surface area contributed by atoms with Crippen LogP contribution >= 0.6 is 0 Å². The predicted molar refractivity (Wildman–Crippen MR) is 78.7 cm³/mol. The summed E-state index contributed by atoms with van der Waals surface area (Å²) in [5.41, 5.74) is 5.92. The highest BCUT2D eigenvalue weighted by Crippen LogP contribution is 2.17. The zero-order valence-electron chi connectivity index (χ0n) is 12.1. The van der Waals surface area contributed by atoms with Crippen molar-refractivity contribution in [1.29, 1.82) is 0 Å². The number of ether oxygens (including phenoxy) is 1. The van der Waals surface area contributed by atoms with Crippen LogP contribution in [0.3, 0.4) is 0 Å². The number of nitrogens with one attached hydrogen (secondary N) is 1. The minimum absolute atomic E-state index is 0.360. The molecular formula is C15H21FN2O2. The molecule has 0 spiro atoms. The second-order valence-corrected chi connectivity index (χ2v) is 5.36. The minimum atomic E-state index is -0.512. The van der Waals surface area contributed by atoms with Crippen LogP contribution in [-0.4, -0.2) is 18.2 Å². The maximum absolute atomic E-state index is 13.5. The second-order valence-electron chi connectivity index (χ2n) is 5.36. The van der Waals surface area contributed by atoms with E-state index in [2.05, 4.69) is 5.32 Å². The molecule has 0 aliphatic carbocycles. The van der Waals surface area contributed by atoms with Gasteiger partial charge in [-0.1, -0.05) is 18.2 Å². The van der Waals surface area contributed by atoms with Gasteiger partial charge in [0.15, 0.2) is 0 Å². The van der Waals surface area contributed by atoms with Crippen molar-refractivity contribution < 1.29 is 13.9 Å². The summed E-state index contributed by atoms with van der Waals surface area (Å²) in [5, 5.41) is 2.62. The number of hydrogen-bond acceptors (Lipinski definition) is 3. The Morgan fingerprint density at radius 2 is 2.15 bits per heavy atom. The summed E-state index contributed by atoms with van der Waals surface area (Å²) in [4.78, 5) is 11.4. The lowest BCUT2D eigenvalue weighted by molar-refractivity contribution is 0.0529.